The number of rotatable bonds is 5. The van der Waals surface area contributed by atoms with Crippen LogP contribution in [0.5, 0.6) is 0 Å². The lowest BCUT2D eigenvalue weighted by molar-refractivity contribution is -0.137. The molecule has 0 bridgehead atoms. The van der Waals surface area contributed by atoms with Crippen molar-refractivity contribution in [2.45, 2.75) is 30.8 Å². The largest absolute Gasteiger partial charge is 0.416 e. The number of fused-ring (bicyclic) bond motifs is 1. The zero-order valence-corrected chi connectivity index (χ0v) is 17.0. The van der Waals surface area contributed by atoms with Crippen molar-refractivity contribution in [1.29, 1.82) is 0 Å². The van der Waals surface area contributed by atoms with Gasteiger partial charge in [-0.25, -0.2) is 16.8 Å². The van der Waals surface area contributed by atoms with E-state index >= 15 is 0 Å². The van der Waals surface area contributed by atoms with Gasteiger partial charge in [-0.2, -0.15) is 13.2 Å². The standard InChI is InChI=1S/C18H19F3N2O4S2/c1-2-28(24,25)23-11-3-4-13-12-15(7-10-17(13)23)22-29(26,27)16-8-5-14(6-9-16)18(19,20)21/h5-10,12,22H,2-4,11H2,1H3. The Balaban J connectivity index is 1.87. The summed E-state index contributed by atoms with van der Waals surface area (Å²) in [5.74, 6) is -0.0469. The van der Waals surface area contributed by atoms with E-state index in [1.54, 1.807) is 13.0 Å². The van der Waals surface area contributed by atoms with Gasteiger partial charge in [-0.1, -0.05) is 0 Å². The lowest BCUT2D eigenvalue weighted by Gasteiger charge is -2.30. The molecule has 0 aliphatic carbocycles. The SMILES string of the molecule is CCS(=O)(=O)N1CCCc2cc(NS(=O)(=O)c3ccc(C(F)(F)F)cc3)ccc21. The van der Waals surface area contributed by atoms with Gasteiger partial charge in [0.05, 0.1) is 21.9 Å². The molecule has 1 heterocycles. The van der Waals surface area contributed by atoms with Crippen molar-refractivity contribution >= 4 is 31.4 Å². The molecule has 0 saturated heterocycles. The molecule has 29 heavy (non-hydrogen) atoms. The molecule has 158 valence electrons. The predicted molar refractivity (Wildman–Crippen MR) is 104 cm³/mol. The van der Waals surface area contributed by atoms with Crippen LogP contribution in [0.1, 0.15) is 24.5 Å². The molecule has 0 amide bonds. The molecule has 0 radical (unpaired) electrons. The summed E-state index contributed by atoms with van der Waals surface area (Å²) < 4.78 is 91.1. The van der Waals surface area contributed by atoms with Crippen LogP contribution < -0.4 is 9.03 Å². The second-order valence-electron chi connectivity index (χ2n) is 6.55. The van der Waals surface area contributed by atoms with E-state index in [4.69, 9.17) is 0 Å². The number of nitrogens with one attached hydrogen (secondary N) is 1. The summed E-state index contributed by atoms with van der Waals surface area (Å²) in [7, 11) is -7.54. The quantitative estimate of drug-likeness (QED) is 0.758. The third-order valence-corrected chi connectivity index (χ3v) is 7.78. The number of halogens is 3. The molecule has 0 fully saturated rings. The van der Waals surface area contributed by atoms with Crippen LogP contribution >= 0.6 is 0 Å². The van der Waals surface area contributed by atoms with Crippen molar-refractivity contribution in [3.8, 4) is 0 Å². The van der Waals surface area contributed by atoms with E-state index in [1.807, 2.05) is 0 Å². The topological polar surface area (TPSA) is 83.6 Å². The molecule has 0 aromatic heterocycles. The average Bonchev–Trinajstić information content (AvgIpc) is 2.66. The smallest absolute Gasteiger partial charge is 0.280 e. The molecular formula is C18H19F3N2O4S2. The van der Waals surface area contributed by atoms with Gasteiger partial charge in [0, 0.05) is 12.2 Å². The van der Waals surface area contributed by atoms with E-state index in [9.17, 15) is 30.0 Å². The van der Waals surface area contributed by atoms with Crippen LogP contribution in [0.25, 0.3) is 0 Å². The van der Waals surface area contributed by atoms with Gasteiger partial charge >= 0.3 is 6.18 Å². The lowest BCUT2D eigenvalue weighted by atomic mass is 10.0. The summed E-state index contributed by atoms with van der Waals surface area (Å²) in [4.78, 5) is -0.307. The predicted octanol–water partition coefficient (Wildman–Crippen LogP) is 3.61. The summed E-state index contributed by atoms with van der Waals surface area (Å²) in [6.07, 6.45) is -3.37. The normalized spacial score (nSPS) is 15.1. The highest BCUT2D eigenvalue weighted by Crippen LogP contribution is 2.33. The highest BCUT2D eigenvalue weighted by atomic mass is 32.2. The van der Waals surface area contributed by atoms with Gasteiger partial charge in [-0.05, 0) is 67.8 Å². The van der Waals surface area contributed by atoms with Crippen LogP contribution in [0.15, 0.2) is 47.4 Å². The van der Waals surface area contributed by atoms with Gasteiger partial charge in [0.2, 0.25) is 10.0 Å². The van der Waals surface area contributed by atoms with Crippen molar-refractivity contribution in [2.24, 2.45) is 0 Å². The lowest BCUT2D eigenvalue weighted by Crippen LogP contribution is -2.36. The van der Waals surface area contributed by atoms with E-state index in [-0.39, 0.29) is 16.3 Å². The molecule has 3 rings (SSSR count). The van der Waals surface area contributed by atoms with Crippen LogP contribution in [0.3, 0.4) is 0 Å². The Labute approximate surface area is 167 Å². The first-order chi connectivity index (χ1) is 13.4. The summed E-state index contributed by atoms with van der Waals surface area (Å²) in [6.45, 7) is 1.91. The second-order valence-corrected chi connectivity index (χ2v) is 10.4. The highest BCUT2D eigenvalue weighted by molar-refractivity contribution is 7.93. The minimum atomic E-state index is -4.56. The fourth-order valence-electron chi connectivity index (χ4n) is 3.11. The van der Waals surface area contributed by atoms with Crippen LogP contribution in [0.4, 0.5) is 24.5 Å². The number of aryl methyl sites for hydroxylation is 1. The van der Waals surface area contributed by atoms with E-state index in [2.05, 4.69) is 4.72 Å². The minimum absolute atomic E-state index is 0.0469. The number of sulfonamides is 2. The number of anilines is 2. The Morgan fingerprint density at radius 2 is 1.69 bits per heavy atom. The van der Waals surface area contributed by atoms with Gasteiger partial charge < -0.3 is 0 Å². The van der Waals surface area contributed by atoms with E-state index in [0.29, 0.717) is 42.8 Å². The van der Waals surface area contributed by atoms with Crippen LogP contribution in [0, 0.1) is 0 Å². The Morgan fingerprint density at radius 1 is 1.03 bits per heavy atom. The van der Waals surface area contributed by atoms with Crippen molar-refractivity contribution in [3.63, 3.8) is 0 Å². The van der Waals surface area contributed by atoms with Crippen molar-refractivity contribution in [3.05, 3.63) is 53.6 Å². The number of hydrogen-bond acceptors (Lipinski definition) is 4. The Morgan fingerprint density at radius 3 is 2.28 bits per heavy atom. The third-order valence-electron chi connectivity index (χ3n) is 4.60. The molecular weight excluding hydrogens is 429 g/mol. The fraction of sp³-hybridized carbons (Fsp3) is 0.333. The third kappa shape index (κ3) is 4.50. The Kier molecular flexibility index (Phi) is 5.56. The van der Waals surface area contributed by atoms with Crippen molar-refractivity contribution in [1.82, 2.24) is 0 Å². The van der Waals surface area contributed by atoms with Gasteiger partial charge in [-0.3, -0.25) is 9.03 Å². The summed E-state index contributed by atoms with van der Waals surface area (Å²) in [6, 6.07) is 7.70. The monoisotopic (exact) mass is 448 g/mol. The zero-order chi connectivity index (χ0) is 21.4. The highest BCUT2D eigenvalue weighted by Gasteiger charge is 2.31. The first kappa shape index (κ1) is 21.4. The Bertz CT molecular complexity index is 1110. The van der Waals surface area contributed by atoms with Crippen LogP contribution in [-0.2, 0) is 32.6 Å². The average molecular weight is 448 g/mol. The van der Waals surface area contributed by atoms with Gasteiger partial charge in [-0.15, -0.1) is 0 Å². The fourth-order valence-corrected chi connectivity index (χ4v) is 5.35. The molecule has 1 N–H and O–H groups in total. The Hall–Kier alpha value is -2.27. The molecule has 1 aliphatic rings. The molecule has 0 atom stereocenters. The van der Waals surface area contributed by atoms with Gasteiger partial charge in [0.1, 0.15) is 0 Å². The molecule has 0 saturated carbocycles. The molecule has 2 aromatic carbocycles. The minimum Gasteiger partial charge on any atom is -0.280 e. The van der Waals surface area contributed by atoms with Gasteiger partial charge in [0.15, 0.2) is 0 Å². The molecule has 0 spiro atoms. The molecule has 6 nitrogen and oxygen atoms in total. The number of nitrogens with zero attached hydrogens (tertiary/aromatic N) is 1. The maximum Gasteiger partial charge on any atom is 0.416 e. The first-order valence-corrected chi connectivity index (χ1v) is 11.9. The molecule has 2 aromatic rings. The maximum absolute atomic E-state index is 12.7. The van der Waals surface area contributed by atoms with Crippen LogP contribution in [0.2, 0.25) is 0 Å². The summed E-state index contributed by atoms with van der Waals surface area (Å²) in [5, 5.41) is 0. The van der Waals surface area contributed by atoms with E-state index < -0.39 is 31.8 Å². The van der Waals surface area contributed by atoms with Crippen molar-refractivity contribution in [2.75, 3.05) is 21.3 Å². The summed E-state index contributed by atoms with van der Waals surface area (Å²) in [5.41, 5.74) is 0.457. The van der Waals surface area contributed by atoms with Crippen LogP contribution in [-0.4, -0.2) is 29.1 Å². The first-order valence-electron chi connectivity index (χ1n) is 8.77. The van der Waals surface area contributed by atoms with Gasteiger partial charge in [0.25, 0.3) is 10.0 Å². The molecule has 1 aliphatic heterocycles. The molecule has 11 heteroatoms. The van der Waals surface area contributed by atoms with Crippen molar-refractivity contribution < 1.29 is 30.0 Å². The second kappa shape index (κ2) is 7.52. The van der Waals surface area contributed by atoms with E-state index in [0.717, 1.165) is 12.1 Å². The number of alkyl halides is 3. The number of benzene rings is 2. The maximum atomic E-state index is 12.7. The molecule has 0 unspecified atom stereocenters. The number of hydrogen-bond donors (Lipinski definition) is 1. The summed E-state index contributed by atoms with van der Waals surface area (Å²) >= 11 is 0. The zero-order valence-electron chi connectivity index (χ0n) is 15.4. The van der Waals surface area contributed by atoms with E-state index in [1.165, 1.54) is 16.4 Å².